The first-order valence-corrected chi connectivity index (χ1v) is 8.33. The number of nitrogens with one attached hydrogen (secondary N) is 3. The van der Waals surface area contributed by atoms with Gasteiger partial charge < -0.3 is 14.8 Å². The van der Waals surface area contributed by atoms with Crippen LogP contribution in [-0.4, -0.2) is 59.1 Å². The molecule has 0 saturated heterocycles. The van der Waals surface area contributed by atoms with Gasteiger partial charge in [-0.2, -0.15) is 5.10 Å². The monoisotopic (exact) mass is 320 g/mol. The Labute approximate surface area is 125 Å². The van der Waals surface area contributed by atoms with Crippen molar-refractivity contribution in [2.45, 2.75) is 24.4 Å². The van der Waals surface area contributed by atoms with Gasteiger partial charge in [0.05, 0.1) is 19.4 Å². The number of unbranched alkanes of at least 4 members (excludes halogenated alkanes) is 1. The molecule has 122 valence electrons. The molecule has 0 aliphatic carbocycles. The first kappa shape index (κ1) is 18.1. The fraction of sp³-hybridized carbons (Fsp3) is 0.750. The van der Waals surface area contributed by atoms with E-state index >= 15 is 0 Å². The zero-order valence-electron chi connectivity index (χ0n) is 12.5. The number of aromatic amines is 1. The van der Waals surface area contributed by atoms with Crippen LogP contribution in [0, 0.1) is 0 Å². The number of ether oxygens (including phenoxy) is 2. The van der Waals surface area contributed by atoms with Crippen LogP contribution < -0.4 is 10.0 Å². The van der Waals surface area contributed by atoms with Gasteiger partial charge in [-0.05, 0) is 19.9 Å². The van der Waals surface area contributed by atoms with Crippen LogP contribution in [0.4, 0.5) is 0 Å². The fourth-order valence-electron chi connectivity index (χ4n) is 1.70. The molecule has 1 aromatic rings. The molecule has 0 saturated carbocycles. The SMILES string of the molecule is CNCc1cn[nH]c1S(=O)(=O)NCCCCOCCOC. The normalized spacial score (nSPS) is 11.9. The smallest absolute Gasteiger partial charge is 0.257 e. The average molecular weight is 320 g/mol. The van der Waals surface area contributed by atoms with Crippen molar-refractivity contribution in [3.05, 3.63) is 11.8 Å². The van der Waals surface area contributed by atoms with Crippen molar-refractivity contribution >= 4 is 10.0 Å². The van der Waals surface area contributed by atoms with Crippen LogP contribution in [0.3, 0.4) is 0 Å². The third kappa shape index (κ3) is 6.53. The third-order valence-electron chi connectivity index (χ3n) is 2.75. The second kappa shape index (κ2) is 9.85. The van der Waals surface area contributed by atoms with E-state index in [-0.39, 0.29) is 5.03 Å². The van der Waals surface area contributed by atoms with E-state index in [1.807, 2.05) is 0 Å². The Morgan fingerprint density at radius 1 is 1.29 bits per heavy atom. The van der Waals surface area contributed by atoms with E-state index in [2.05, 4.69) is 20.2 Å². The average Bonchev–Trinajstić information content (AvgIpc) is 2.91. The fourth-order valence-corrected chi connectivity index (χ4v) is 2.90. The molecule has 0 aromatic carbocycles. The van der Waals surface area contributed by atoms with Gasteiger partial charge in [-0.3, -0.25) is 5.10 Å². The number of nitrogens with zero attached hydrogens (tertiary/aromatic N) is 1. The summed E-state index contributed by atoms with van der Waals surface area (Å²) in [7, 11) is -0.169. The van der Waals surface area contributed by atoms with Crippen molar-refractivity contribution in [1.29, 1.82) is 0 Å². The van der Waals surface area contributed by atoms with Crippen molar-refractivity contribution in [1.82, 2.24) is 20.2 Å². The van der Waals surface area contributed by atoms with Gasteiger partial charge in [-0.15, -0.1) is 0 Å². The first-order chi connectivity index (χ1) is 10.1. The van der Waals surface area contributed by atoms with Gasteiger partial charge >= 0.3 is 0 Å². The highest BCUT2D eigenvalue weighted by Crippen LogP contribution is 2.11. The minimum absolute atomic E-state index is 0.119. The maximum Gasteiger partial charge on any atom is 0.257 e. The molecule has 0 amide bonds. The summed E-state index contributed by atoms with van der Waals surface area (Å²) in [6, 6.07) is 0. The molecular weight excluding hydrogens is 296 g/mol. The van der Waals surface area contributed by atoms with Gasteiger partial charge in [-0.1, -0.05) is 0 Å². The lowest BCUT2D eigenvalue weighted by Crippen LogP contribution is -2.26. The van der Waals surface area contributed by atoms with E-state index < -0.39 is 10.0 Å². The van der Waals surface area contributed by atoms with Gasteiger partial charge in [0.15, 0.2) is 5.03 Å². The van der Waals surface area contributed by atoms with Crippen LogP contribution in [0.2, 0.25) is 0 Å². The Morgan fingerprint density at radius 2 is 2.10 bits per heavy atom. The van der Waals surface area contributed by atoms with Crippen LogP contribution in [0.25, 0.3) is 0 Å². The molecule has 0 bridgehead atoms. The molecule has 3 N–H and O–H groups in total. The Balaban J connectivity index is 2.28. The van der Waals surface area contributed by atoms with Gasteiger partial charge in [0.2, 0.25) is 0 Å². The predicted molar refractivity (Wildman–Crippen MR) is 78.5 cm³/mol. The van der Waals surface area contributed by atoms with Gasteiger partial charge in [-0.25, -0.2) is 13.1 Å². The molecule has 1 rings (SSSR count). The van der Waals surface area contributed by atoms with E-state index in [1.54, 1.807) is 14.2 Å². The zero-order valence-corrected chi connectivity index (χ0v) is 13.3. The highest BCUT2D eigenvalue weighted by Gasteiger charge is 2.19. The molecule has 0 spiro atoms. The van der Waals surface area contributed by atoms with Crippen LogP contribution in [0.1, 0.15) is 18.4 Å². The van der Waals surface area contributed by atoms with Crippen molar-refractivity contribution < 1.29 is 17.9 Å². The van der Waals surface area contributed by atoms with Crippen molar-refractivity contribution in [2.75, 3.05) is 40.5 Å². The van der Waals surface area contributed by atoms with Crippen molar-refractivity contribution in [2.24, 2.45) is 0 Å². The largest absolute Gasteiger partial charge is 0.382 e. The number of hydrogen-bond donors (Lipinski definition) is 3. The van der Waals surface area contributed by atoms with Crippen LogP contribution in [0.5, 0.6) is 0 Å². The Bertz CT molecular complexity index is 489. The first-order valence-electron chi connectivity index (χ1n) is 6.85. The molecule has 8 nitrogen and oxygen atoms in total. The number of H-pyrrole nitrogens is 1. The summed E-state index contributed by atoms with van der Waals surface area (Å²) in [4.78, 5) is 0. The molecule has 21 heavy (non-hydrogen) atoms. The molecular formula is C12H24N4O4S. The molecule has 9 heteroatoms. The number of rotatable bonds is 12. The molecule has 0 aliphatic rings. The standard InChI is InChI=1S/C12H24N4O4S/c1-13-9-11-10-14-16-12(11)21(17,18)15-5-3-4-6-20-8-7-19-2/h10,13,15H,3-9H2,1-2H3,(H,14,16). The van der Waals surface area contributed by atoms with Crippen molar-refractivity contribution in [3.63, 3.8) is 0 Å². The lowest BCUT2D eigenvalue weighted by molar-refractivity contribution is 0.0689. The summed E-state index contributed by atoms with van der Waals surface area (Å²) in [6.45, 7) is 2.54. The molecule has 0 aliphatic heterocycles. The highest BCUT2D eigenvalue weighted by atomic mass is 32.2. The summed E-state index contributed by atoms with van der Waals surface area (Å²) in [5, 5.41) is 9.33. The lowest BCUT2D eigenvalue weighted by Gasteiger charge is -2.07. The third-order valence-corrected chi connectivity index (χ3v) is 4.23. The maximum atomic E-state index is 12.1. The molecule has 1 aromatic heterocycles. The minimum Gasteiger partial charge on any atom is -0.382 e. The number of aromatic nitrogens is 2. The van der Waals surface area contributed by atoms with Crippen molar-refractivity contribution in [3.8, 4) is 0 Å². The second-order valence-electron chi connectivity index (χ2n) is 4.46. The van der Waals surface area contributed by atoms with E-state index in [0.717, 1.165) is 6.42 Å². The Morgan fingerprint density at radius 3 is 2.81 bits per heavy atom. The summed E-state index contributed by atoms with van der Waals surface area (Å²) in [6.07, 6.45) is 3.01. The molecule has 0 atom stereocenters. The van der Waals surface area contributed by atoms with Gasteiger partial charge in [0.25, 0.3) is 10.0 Å². The molecule has 1 heterocycles. The number of sulfonamides is 1. The van der Waals surface area contributed by atoms with E-state index in [4.69, 9.17) is 9.47 Å². The molecule has 0 unspecified atom stereocenters. The van der Waals surface area contributed by atoms with E-state index in [1.165, 1.54) is 6.20 Å². The van der Waals surface area contributed by atoms with Crippen LogP contribution in [0.15, 0.2) is 11.2 Å². The maximum absolute atomic E-state index is 12.1. The van der Waals surface area contributed by atoms with Crippen LogP contribution in [-0.2, 0) is 26.0 Å². The summed E-state index contributed by atoms with van der Waals surface area (Å²) < 4.78 is 36.9. The quantitative estimate of drug-likeness (QED) is 0.463. The predicted octanol–water partition coefficient (Wildman–Crippen LogP) is -0.149. The lowest BCUT2D eigenvalue weighted by atomic mass is 10.3. The minimum atomic E-state index is -3.54. The summed E-state index contributed by atoms with van der Waals surface area (Å²) >= 11 is 0. The number of hydrogen-bond acceptors (Lipinski definition) is 6. The van der Waals surface area contributed by atoms with E-state index in [0.29, 0.717) is 44.9 Å². The second-order valence-corrected chi connectivity index (χ2v) is 6.17. The molecule has 0 fully saturated rings. The van der Waals surface area contributed by atoms with Gasteiger partial charge in [0, 0.05) is 32.4 Å². The highest BCUT2D eigenvalue weighted by molar-refractivity contribution is 7.89. The van der Waals surface area contributed by atoms with Crippen LogP contribution >= 0.6 is 0 Å². The Hall–Kier alpha value is -1.00. The Kier molecular flexibility index (Phi) is 8.47. The topological polar surface area (TPSA) is 105 Å². The molecule has 0 radical (unpaired) electrons. The van der Waals surface area contributed by atoms with Gasteiger partial charge in [0.1, 0.15) is 0 Å². The summed E-state index contributed by atoms with van der Waals surface area (Å²) in [5.41, 5.74) is 0.618. The zero-order chi connectivity index (χ0) is 15.6. The van der Waals surface area contributed by atoms with E-state index in [9.17, 15) is 8.42 Å². The number of methoxy groups -OCH3 is 1. The summed E-state index contributed by atoms with van der Waals surface area (Å²) in [5.74, 6) is 0.